The predicted octanol–water partition coefficient (Wildman–Crippen LogP) is 2.84. The first-order valence-electron chi connectivity index (χ1n) is 7.86. The quantitative estimate of drug-likeness (QED) is 0.875. The zero-order valence-electron chi connectivity index (χ0n) is 12.4. The molecule has 0 atom stereocenters. The van der Waals surface area contributed by atoms with Gasteiger partial charge in [0.2, 0.25) is 5.91 Å². The topological polar surface area (TPSA) is 46.3 Å². The largest absolute Gasteiger partial charge is 0.335 e. The molecule has 114 valence electrons. The fraction of sp³-hybridized carbons (Fsp3) is 0.588. The Morgan fingerprint density at radius 1 is 1.33 bits per heavy atom. The molecular formula is C17H23FN2O. The molecule has 4 heteroatoms. The molecule has 2 N–H and O–H groups in total. The number of hydrogen-bond acceptors (Lipinski definition) is 2. The van der Waals surface area contributed by atoms with Crippen LogP contribution in [-0.4, -0.2) is 23.4 Å². The lowest BCUT2D eigenvalue weighted by Crippen LogP contribution is -2.43. The lowest BCUT2D eigenvalue weighted by atomic mass is 9.66. The number of rotatable bonds is 6. The Kier molecular flexibility index (Phi) is 3.98. The van der Waals surface area contributed by atoms with Crippen LogP contribution in [0.4, 0.5) is 4.39 Å². The molecule has 1 aromatic carbocycles. The Morgan fingerprint density at radius 3 is 2.57 bits per heavy atom. The van der Waals surface area contributed by atoms with E-state index in [0.29, 0.717) is 31.1 Å². The van der Waals surface area contributed by atoms with Gasteiger partial charge >= 0.3 is 0 Å². The third-order valence-corrected chi connectivity index (χ3v) is 4.98. The lowest BCUT2D eigenvalue weighted by Gasteiger charge is -2.41. The SMILES string of the molecule is NCC1(CC(=O)N(Cc2ccccc2F)C2CC2)CCC1. The molecule has 21 heavy (non-hydrogen) atoms. The fourth-order valence-electron chi connectivity index (χ4n) is 3.17. The van der Waals surface area contributed by atoms with Crippen molar-refractivity contribution in [2.75, 3.05) is 6.54 Å². The van der Waals surface area contributed by atoms with Crippen LogP contribution in [0.2, 0.25) is 0 Å². The second kappa shape index (κ2) is 5.76. The van der Waals surface area contributed by atoms with Gasteiger partial charge in [0.05, 0.1) is 0 Å². The summed E-state index contributed by atoms with van der Waals surface area (Å²) in [6, 6.07) is 7.02. The van der Waals surface area contributed by atoms with Crippen LogP contribution >= 0.6 is 0 Å². The van der Waals surface area contributed by atoms with Gasteiger partial charge in [0.1, 0.15) is 5.82 Å². The van der Waals surface area contributed by atoms with Crippen LogP contribution in [0.3, 0.4) is 0 Å². The molecule has 1 amide bonds. The van der Waals surface area contributed by atoms with Crippen molar-refractivity contribution in [3.63, 3.8) is 0 Å². The van der Waals surface area contributed by atoms with E-state index in [2.05, 4.69) is 0 Å². The molecule has 0 radical (unpaired) electrons. The van der Waals surface area contributed by atoms with Gasteiger partial charge in [-0.2, -0.15) is 0 Å². The van der Waals surface area contributed by atoms with Gasteiger partial charge in [-0.25, -0.2) is 4.39 Å². The monoisotopic (exact) mass is 290 g/mol. The van der Waals surface area contributed by atoms with Crippen molar-refractivity contribution in [3.05, 3.63) is 35.6 Å². The zero-order chi connectivity index (χ0) is 14.9. The van der Waals surface area contributed by atoms with E-state index in [9.17, 15) is 9.18 Å². The second-order valence-electron chi connectivity index (χ2n) is 6.58. The van der Waals surface area contributed by atoms with Crippen LogP contribution in [-0.2, 0) is 11.3 Å². The summed E-state index contributed by atoms with van der Waals surface area (Å²) in [5, 5.41) is 0. The maximum atomic E-state index is 13.8. The van der Waals surface area contributed by atoms with Crippen LogP contribution in [0.5, 0.6) is 0 Å². The van der Waals surface area contributed by atoms with Crippen molar-refractivity contribution >= 4 is 5.91 Å². The minimum Gasteiger partial charge on any atom is -0.335 e. The van der Waals surface area contributed by atoms with Gasteiger partial charge in [-0.1, -0.05) is 24.6 Å². The minimum atomic E-state index is -0.229. The third kappa shape index (κ3) is 3.10. The lowest BCUT2D eigenvalue weighted by molar-refractivity contribution is -0.136. The molecular weight excluding hydrogens is 267 g/mol. The maximum absolute atomic E-state index is 13.8. The van der Waals surface area contributed by atoms with Gasteiger partial charge in [0.15, 0.2) is 0 Å². The number of amides is 1. The molecule has 2 saturated carbocycles. The molecule has 2 fully saturated rings. The molecule has 1 aromatic rings. The first-order chi connectivity index (χ1) is 10.1. The summed E-state index contributed by atoms with van der Waals surface area (Å²) in [5.74, 6) is -0.0842. The van der Waals surface area contributed by atoms with Crippen LogP contribution in [0, 0.1) is 11.2 Å². The molecule has 3 rings (SSSR count). The summed E-state index contributed by atoms with van der Waals surface area (Å²) in [6.45, 7) is 0.966. The van der Waals surface area contributed by atoms with Gasteiger partial charge in [-0.05, 0) is 43.7 Å². The molecule has 0 heterocycles. The molecule has 3 nitrogen and oxygen atoms in total. The standard InChI is InChI=1S/C17H23FN2O/c18-15-5-2-1-4-13(15)11-20(14-6-7-14)16(21)10-17(12-19)8-3-9-17/h1-2,4-5,14H,3,6-12,19H2. The highest BCUT2D eigenvalue weighted by Crippen LogP contribution is 2.44. The molecule has 0 unspecified atom stereocenters. The van der Waals surface area contributed by atoms with Crippen LogP contribution in [0.15, 0.2) is 24.3 Å². The highest BCUT2D eigenvalue weighted by Gasteiger charge is 2.41. The van der Waals surface area contributed by atoms with E-state index in [4.69, 9.17) is 5.73 Å². The van der Waals surface area contributed by atoms with E-state index in [-0.39, 0.29) is 17.1 Å². The Morgan fingerprint density at radius 2 is 2.05 bits per heavy atom. The molecule has 0 saturated heterocycles. The summed E-state index contributed by atoms with van der Waals surface area (Å²) in [6.07, 6.45) is 5.86. The number of carbonyl (C=O) groups is 1. The predicted molar refractivity (Wildman–Crippen MR) is 79.9 cm³/mol. The van der Waals surface area contributed by atoms with Crippen molar-refractivity contribution in [2.45, 2.75) is 51.1 Å². The van der Waals surface area contributed by atoms with Crippen LogP contribution < -0.4 is 5.73 Å². The minimum absolute atomic E-state index is 0.0133. The molecule has 2 aliphatic carbocycles. The molecule has 0 aromatic heterocycles. The van der Waals surface area contributed by atoms with Crippen molar-refractivity contribution in [1.82, 2.24) is 4.90 Å². The summed E-state index contributed by atoms with van der Waals surface area (Å²) in [5.41, 5.74) is 6.47. The second-order valence-corrected chi connectivity index (χ2v) is 6.58. The van der Waals surface area contributed by atoms with Gasteiger partial charge < -0.3 is 10.6 Å². The summed E-state index contributed by atoms with van der Waals surface area (Å²) < 4.78 is 13.8. The highest BCUT2D eigenvalue weighted by molar-refractivity contribution is 5.78. The van der Waals surface area contributed by atoms with Gasteiger partial charge in [-0.3, -0.25) is 4.79 Å². The summed E-state index contributed by atoms with van der Waals surface area (Å²) >= 11 is 0. The Bertz CT molecular complexity index is 518. The smallest absolute Gasteiger partial charge is 0.223 e. The van der Waals surface area contributed by atoms with E-state index in [0.717, 1.165) is 25.7 Å². The first-order valence-corrected chi connectivity index (χ1v) is 7.86. The average molecular weight is 290 g/mol. The molecule has 0 bridgehead atoms. The molecule has 2 aliphatic rings. The van der Waals surface area contributed by atoms with E-state index in [1.54, 1.807) is 12.1 Å². The fourth-order valence-corrected chi connectivity index (χ4v) is 3.17. The van der Waals surface area contributed by atoms with Crippen molar-refractivity contribution in [1.29, 1.82) is 0 Å². The van der Waals surface area contributed by atoms with Gasteiger partial charge in [0.25, 0.3) is 0 Å². The van der Waals surface area contributed by atoms with Gasteiger partial charge in [0, 0.05) is 24.6 Å². The number of benzene rings is 1. The number of nitrogens with zero attached hydrogens (tertiary/aromatic N) is 1. The first kappa shape index (κ1) is 14.5. The van der Waals surface area contributed by atoms with E-state index in [1.807, 2.05) is 11.0 Å². The van der Waals surface area contributed by atoms with Crippen molar-refractivity contribution in [3.8, 4) is 0 Å². The normalized spacial score (nSPS) is 19.9. The summed E-state index contributed by atoms with van der Waals surface area (Å²) in [7, 11) is 0. The van der Waals surface area contributed by atoms with Crippen molar-refractivity contribution in [2.24, 2.45) is 11.1 Å². The van der Waals surface area contributed by atoms with E-state index in [1.165, 1.54) is 12.5 Å². The van der Waals surface area contributed by atoms with Crippen LogP contribution in [0.25, 0.3) is 0 Å². The third-order valence-electron chi connectivity index (χ3n) is 4.98. The average Bonchev–Trinajstić information content (AvgIpc) is 3.26. The summed E-state index contributed by atoms with van der Waals surface area (Å²) in [4.78, 5) is 14.5. The Labute approximate surface area is 125 Å². The van der Waals surface area contributed by atoms with E-state index >= 15 is 0 Å². The number of hydrogen-bond donors (Lipinski definition) is 1. The van der Waals surface area contributed by atoms with Crippen molar-refractivity contribution < 1.29 is 9.18 Å². The number of carbonyl (C=O) groups excluding carboxylic acids is 1. The highest BCUT2D eigenvalue weighted by atomic mass is 19.1. The molecule has 0 spiro atoms. The Balaban J connectivity index is 1.70. The zero-order valence-corrected chi connectivity index (χ0v) is 12.4. The Hall–Kier alpha value is -1.42. The molecule has 0 aliphatic heterocycles. The van der Waals surface area contributed by atoms with Crippen LogP contribution in [0.1, 0.15) is 44.1 Å². The van der Waals surface area contributed by atoms with Gasteiger partial charge in [-0.15, -0.1) is 0 Å². The van der Waals surface area contributed by atoms with E-state index < -0.39 is 0 Å². The number of halogens is 1. The number of nitrogens with two attached hydrogens (primary N) is 1. The maximum Gasteiger partial charge on any atom is 0.223 e.